The molecule has 0 spiro atoms. The number of benzene rings is 1. The van der Waals surface area contributed by atoms with Crippen molar-refractivity contribution in [3.8, 4) is 0 Å². The summed E-state index contributed by atoms with van der Waals surface area (Å²) in [5.41, 5.74) is 1.92. The van der Waals surface area contributed by atoms with Crippen LogP contribution in [0.15, 0.2) is 24.3 Å². The average Bonchev–Trinajstić information content (AvgIpc) is 2.43. The first-order valence-electron chi connectivity index (χ1n) is 7.90. The van der Waals surface area contributed by atoms with Crippen molar-refractivity contribution >= 4 is 5.97 Å². The van der Waals surface area contributed by atoms with Gasteiger partial charge in [-0.05, 0) is 42.7 Å². The van der Waals surface area contributed by atoms with Gasteiger partial charge < -0.3 is 5.11 Å². The number of hydrogen-bond donors (Lipinski definition) is 2. The summed E-state index contributed by atoms with van der Waals surface area (Å²) >= 11 is 0. The summed E-state index contributed by atoms with van der Waals surface area (Å²) in [5, 5.41) is 13.0. The van der Waals surface area contributed by atoms with Crippen molar-refractivity contribution in [2.75, 3.05) is 0 Å². The molecule has 0 heterocycles. The molecule has 0 saturated carbocycles. The number of fused-ring (bicyclic) bond motifs is 1. The molecule has 3 heteroatoms. The van der Waals surface area contributed by atoms with Crippen molar-refractivity contribution in [3.63, 3.8) is 0 Å². The van der Waals surface area contributed by atoms with E-state index in [0.29, 0.717) is 6.42 Å². The number of carboxylic acids is 1. The van der Waals surface area contributed by atoms with Crippen LogP contribution in [0, 0.1) is 0 Å². The number of carboxylic acid groups (broad SMARTS) is 1. The van der Waals surface area contributed by atoms with E-state index in [0.717, 1.165) is 19.3 Å². The zero-order valence-electron chi connectivity index (χ0n) is 13.6. The molecule has 2 rings (SSSR count). The fourth-order valence-corrected chi connectivity index (χ4v) is 3.49. The monoisotopic (exact) mass is 289 g/mol. The van der Waals surface area contributed by atoms with E-state index in [2.05, 4.69) is 37.4 Å². The number of rotatable bonds is 5. The lowest BCUT2D eigenvalue weighted by Gasteiger charge is -2.40. The van der Waals surface area contributed by atoms with Gasteiger partial charge in [0.25, 0.3) is 0 Å². The van der Waals surface area contributed by atoms with Crippen molar-refractivity contribution < 1.29 is 9.90 Å². The standard InChI is InChI=1S/C18H27NO2/c1-5-11-18(4,16(20)21)19-15-10-12-17(2,3)14-9-7-6-8-13(14)15/h6-9,15,19H,5,10-12H2,1-4H3,(H,20,21). The maximum absolute atomic E-state index is 11.7. The molecule has 0 radical (unpaired) electrons. The van der Waals surface area contributed by atoms with Gasteiger partial charge in [-0.3, -0.25) is 10.1 Å². The maximum atomic E-state index is 11.7. The van der Waals surface area contributed by atoms with Gasteiger partial charge in [-0.15, -0.1) is 0 Å². The third-order valence-electron chi connectivity index (χ3n) is 4.84. The second kappa shape index (κ2) is 5.80. The van der Waals surface area contributed by atoms with Crippen LogP contribution in [0.5, 0.6) is 0 Å². The van der Waals surface area contributed by atoms with Crippen LogP contribution in [-0.2, 0) is 10.2 Å². The van der Waals surface area contributed by atoms with E-state index >= 15 is 0 Å². The molecular weight excluding hydrogens is 262 g/mol. The molecule has 2 atom stereocenters. The van der Waals surface area contributed by atoms with Crippen LogP contribution in [-0.4, -0.2) is 16.6 Å². The van der Waals surface area contributed by atoms with Crippen molar-refractivity contribution in [1.29, 1.82) is 0 Å². The van der Waals surface area contributed by atoms with Crippen LogP contribution in [0.1, 0.15) is 70.5 Å². The molecule has 0 aromatic heterocycles. The van der Waals surface area contributed by atoms with E-state index in [9.17, 15) is 9.90 Å². The molecule has 21 heavy (non-hydrogen) atoms. The molecule has 1 aliphatic carbocycles. The number of hydrogen-bond acceptors (Lipinski definition) is 2. The van der Waals surface area contributed by atoms with Gasteiger partial charge in [0.15, 0.2) is 0 Å². The Hall–Kier alpha value is -1.35. The summed E-state index contributed by atoms with van der Waals surface area (Å²) in [7, 11) is 0. The van der Waals surface area contributed by atoms with E-state index in [1.807, 2.05) is 13.0 Å². The minimum absolute atomic E-state index is 0.127. The Balaban J connectivity index is 2.32. The van der Waals surface area contributed by atoms with Crippen molar-refractivity contribution in [2.24, 2.45) is 0 Å². The Morgan fingerprint density at radius 3 is 2.71 bits per heavy atom. The third-order valence-corrected chi connectivity index (χ3v) is 4.84. The molecule has 0 saturated heterocycles. The molecule has 0 amide bonds. The highest BCUT2D eigenvalue weighted by Crippen LogP contribution is 2.42. The van der Waals surface area contributed by atoms with Crippen LogP contribution in [0.4, 0.5) is 0 Å². The van der Waals surface area contributed by atoms with Crippen molar-refractivity contribution in [2.45, 2.75) is 70.4 Å². The van der Waals surface area contributed by atoms with Crippen LogP contribution >= 0.6 is 0 Å². The zero-order valence-corrected chi connectivity index (χ0v) is 13.6. The number of nitrogens with one attached hydrogen (secondary N) is 1. The van der Waals surface area contributed by atoms with E-state index in [-0.39, 0.29) is 11.5 Å². The summed E-state index contributed by atoms with van der Waals surface area (Å²) in [6.45, 7) is 8.37. The highest BCUT2D eigenvalue weighted by Gasteiger charge is 2.38. The summed E-state index contributed by atoms with van der Waals surface area (Å²) < 4.78 is 0. The molecular formula is C18H27NO2. The fraction of sp³-hybridized carbons (Fsp3) is 0.611. The lowest BCUT2D eigenvalue weighted by atomic mass is 9.70. The lowest BCUT2D eigenvalue weighted by Crippen LogP contribution is -2.52. The Morgan fingerprint density at radius 2 is 2.10 bits per heavy atom. The largest absolute Gasteiger partial charge is 0.480 e. The van der Waals surface area contributed by atoms with Gasteiger partial charge in [0, 0.05) is 6.04 Å². The van der Waals surface area contributed by atoms with E-state index in [1.54, 1.807) is 6.92 Å². The van der Waals surface area contributed by atoms with E-state index in [1.165, 1.54) is 11.1 Å². The molecule has 2 unspecified atom stereocenters. The van der Waals surface area contributed by atoms with Gasteiger partial charge in [-0.1, -0.05) is 51.5 Å². The van der Waals surface area contributed by atoms with Gasteiger partial charge in [0.2, 0.25) is 0 Å². The molecule has 1 aromatic carbocycles. The third kappa shape index (κ3) is 3.13. The van der Waals surface area contributed by atoms with Crippen molar-refractivity contribution in [3.05, 3.63) is 35.4 Å². The summed E-state index contributed by atoms with van der Waals surface area (Å²) in [4.78, 5) is 11.7. The summed E-state index contributed by atoms with van der Waals surface area (Å²) in [5.74, 6) is -0.758. The number of aliphatic carboxylic acids is 1. The summed E-state index contributed by atoms with van der Waals surface area (Å²) in [6.07, 6.45) is 3.56. The zero-order chi connectivity index (χ0) is 15.7. The highest BCUT2D eigenvalue weighted by atomic mass is 16.4. The van der Waals surface area contributed by atoms with Crippen LogP contribution in [0.25, 0.3) is 0 Å². The van der Waals surface area contributed by atoms with E-state index < -0.39 is 11.5 Å². The molecule has 1 aliphatic rings. The van der Waals surface area contributed by atoms with Gasteiger partial charge >= 0.3 is 5.97 Å². The second-order valence-corrected chi connectivity index (χ2v) is 7.09. The van der Waals surface area contributed by atoms with Crippen LogP contribution in [0.3, 0.4) is 0 Å². The average molecular weight is 289 g/mol. The number of carbonyl (C=O) groups is 1. The highest BCUT2D eigenvalue weighted by molar-refractivity contribution is 5.78. The Morgan fingerprint density at radius 1 is 1.43 bits per heavy atom. The van der Waals surface area contributed by atoms with Gasteiger partial charge in [0.05, 0.1) is 0 Å². The lowest BCUT2D eigenvalue weighted by molar-refractivity contribution is -0.145. The van der Waals surface area contributed by atoms with Gasteiger partial charge in [0.1, 0.15) is 5.54 Å². The summed E-state index contributed by atoms with van der Waals surface area (Å²) in [6, 6.07) is 8.57. The molecule has 1 aromatic rings. The normalized spacial score (nSPS) is 23.1. The van der Waals surface area contributed by atoms with Crippen molar-refractivity contribution in [1.82, 2.24) is 5.32 Å². The van der Waals surface area contributed by atoms with Gasteiger partial charge in [-0.2, -0.15) is 0 Å². The van der Waals surface area contributed by atoms with Gasteiger partial charge in [-0.25, -0.2) is 0 Å². The maximum Gasteiger partial charge on any atom is 0.323 e. The molecule has 0 bridgehead atoms. The smallest absolute Gasteiger partial charge is 0.323 e. The Kier molecular flexibility index (Phi) is 4.43. The van der Waals surface area contributed by atoms with E-state index in [4.69, 9.17) is 0 Å². The quantitative estimate of drug-likeness (QED) is 0.860. The molecule has 116 valence electrons. The predicted molar refractivity (Wildman–Crippen MR) is 85.5 cm³/mol. The minimum Gasteiger partial charge on any atom is -0.480 e. The fourth-order valence-electron chi connectivity index (χ4n) is 3.49. The SMILES string of the molecule is CCCC(C)(NC1CCC(C)(C)c2ccccc21)C(=O)O. The predicted octanol–water partition coefficient (Wildman–Crippen LogP) is 4.03. The Labute approximate surface area is 127 Å². The Bertz CT molecular complexity index is 524. The first-order valence-corrected chi connectivity index (χ1v) is 7.90. The molecule has 0 fully saturated rings. The molecule has 3 nitrogen and oxygen atoms in total. The first-order chi connectivity index (χ1) is 9.80. The molecule has 2 N–H and O–H groups in total. The van der Waals surface area contributed by atoms with Crippen LogP contribution in [0.2, 0.25) is 0 Å². The van der Waals surface area contributed by atoms with Crippen LogP contribution < -0.4 is 5.32 Å². The minimum atomic E-state index is -0.853. The topological polar surface area (TPSA) is 49.3 Å². The second-order valence-electron chi connectivity index (χ2n) is 7.09. The first kappa shape index (κ1) is 16.0. The molecule has 0 aliphatic heterocycles.